The van der Waals surface area contributed by atoms with Crippen molar-refractivity contribution in [2.45, 2.75) is 57.4 Å². The lowest BCUT2D eigenvalue weighted by Gasteiger charge is -2.53. The van der Waals surface area contributed by atoms with Crippen LogP contribution in [-0.4, -0.2) is 21.4 Å². The van der Waals surface area contributed by atoms with E-state index in [0.29, 0.717) is 0 Å². The van der Waals surface area contributed by atoms with Crippen LogP contribution in [0, 0.1) is 5.41 Å². The molecule has 0 bridgehead atoms. The minimum absolute atomic E-state index is 0.0673. The second-order valence-corrected chi connectivity index (χ2v) is 6.48. The molecule has 3 heteroatoms. The highest BCUT2D eigenvalue weighted by atomic mass is 35.5. The van der Waals surface area contributed by atoms with Crippen molar-refractivity contribution in [3.8, 4) is 0 Å². The van der Waals surface area contributed by atoms with Crippen molar-refractivity contribution in [1.82, 2.24) is 0 Å². The Kier molecular flexibility index (Phi) is 3.56. The van der Waals surface area contributed by atoms with E-state index in [2.05, 4.69) is 0 Å². The fourth-order valence-corrected chi connectivity index (χ4v) is 3.04. The number of hydrogen-bond acceptors (Lipinski definition) is 2. The van der Waals surface area contributed by atoms with E-state index in [0.717, 1.165) is 19.3 Å². The molecule has 1 rings (SSSR count). The first-order valence-electron chi connectivity index (χ1n) is 5.73. The molecular formula is C13H21ClO2. The Morgan fingerprint density at radius 3 is 2.31 bits per heavy atom. The Balaban J connectivity index is 3.15. The van der Waals surface area contributed by atoms with Gasteiger partial charge in [0.25, 0.3) is 0 Å². The Bertz CT molecular complexity index is 300. The van der Waals surface area contributed by atoms with Crippen LogP contribution >= 0.6 is 11.6 Å². The molecule has 1 N–H and O–H groups in total. The molecule has 16 heavy (non-hydrogen) atoms. The van der Waals surface area contributed by atoms with Crippen LogP contribution in [0.25, 0.3) is 0 Å². The maximum atomic E-state index is 11.0. The van der Waals surface area contributed by atoms with E-state index < -0.39 is 10.5 Å². The van der Waals surface area contributed by atoms with E-state index >= 15 is 0 Å². The summed E-state index contributed by atoms with van der Waals surface area (Å²) in [5.41, 5.74) is -1.45. The third-order valence-corrected chi connectivity index (χ3v) is 4.31. The highest BCUT2D eigenvalue weighted by molar-refractivity contribution is 6.24. The van der Waals surface area contributed by atoms with Crippen molar-refractivity contribution in [3.05, 3.63) is 12.2 Å². The number of hydrogen-bond donors (Lipinski definition) is 1. The zero-order valence-electron chi connectivity index (χ0n) is 10.5. The summed E-state index contributed by atoms with van der Waals surface area (Å²) in [7, 11) is 0. The Morgan fingerprint density at radius 1 is 1.31 bits per heavy atom. The van der Waals surface area contributed by atoms with Gasteiger partial charge in [0.05, 0.1) is 4.87 Å². The average Bonchev–Trinajstić information content (AvgIpc) is 2.10. The Labute approximate surface area is 103 Å². The normalized spacial score (nSPS) is 38.9. The SMILES string of the molecule is CC(=O)/C=C/[C@]1(O)C(C)(C)CCC[C@]1(C)Cl. The van der Waals surface area contributed by atoms with E-state index in [1.807, 2.05) is 20.8 Å². The molecule has 0 radical (unpaired) electrons. The maximum Gasteiger partial charge on any atom is 0.152 e. The summed E-state index contributed by atoms with van der Waals surface area (Å²) in [5, 5.41) is 10.8. The molecule has 92 valence electrons. The van der Waals surface area contributed by atoms with E-state index in [4.69, 9.17) is 11.6 Å². The number of carbonyl (C=O) groups is 1. The van der Waals surface area contributed by atoms with Gasteiger partial charge in [0, 0.05) is 0 Å². The van der Waals surface area contributed by atoms with E-state index in [-0.39, 0.29) is 11.2 Å². The van der Waals surface area contributed by atoms with Gasteiger partial charge in [0.1, 0.15) is 5.60 Å². The number of aliphatic hydroxyl groups is 1. The maximum absolute atomic E-state index is 11.0. The molecule has 0 aliphatic heterocycles. The highest BCUT2D eigenvalue weighted by Crippen LogP contribution is 2.52. The molecule has 0 amide bonds. The number of allylic oxidation sites excluding steroid dienone is 1. The van der Waals surface area contributed by atoms with Crippen LogP contribution in [0.5, 0.6) is 0 Å². The molecule has 2 atom stereocenters. The van der Waals surface area contributed by atoms with Crippen LogP contribution in [0.15, 0.2) is 12.2 Å². The van der Waals surface area contributed by atoms with Gasteiger partial charge in [-0.3, -0.25) is 4.79 Å². The van der Waals surface area contributed by atoms with Crippen molar-refractivity contribution >= 4 is 17.4 Å². The molecule has 0 unspecified atom stereocenters. The van der Waals surface area contributed by atoms with Crippen molar-refractivity contribution in [2.75, 3.05) is 0 Å². The van der Waals surface area contributed by atoms with Crippen LogP contribution in [0.4, 0.5) is 0 Å². The van der Waals surface area contributed by atoms with Gasteiger partial charge in [-0.1, -0.05) is 20.3 Å². The smallest absolute Gasteiger partial charge is 0.152 e. The first-order chi connectivity index (χ1) is 7.12. The number of alkyl halides is 1. The standard InChI is InChI=1S/C13H21ClO2/c1-10(15)6-9-13(16)11(2,3)7-5-8-12(13,4)14/h6,9,16H,5,7-8H2,1-4H3/b9-6+/t12-,13-/m0/s1. The molecule has 1 fully saturated rings. The minimum atomic E-state index is -1.13. The molecule has 0 aromatic heterocycles. The zero-order chi connectivity index (χ0) is 12.6. The van der Waals surface area contributed by atoms with Crippen LogP contribution in [0.2, 0.25) is 0 Å². The van der Waals surface area contributed by atoms with Crippen LogP contribution in [0.3, 0.4) is 0 Å². The van der Waals surface area contributed by atoms with Gasteiger partial charge in [0.15, 0.2) is 5.78 Å². The van der Waals surface area contributed by atoms with Crippen molar-refractivity contribution < 1.29 is 9.90 Å². The summed E-state index contributed by atoms with van der Waals surface area (Å²) < 4.78 is 0. The molecule has 0 aromatic rings. The Morgan fingerprint density at radius 2 is 1.88 bits per heavy atom. The van der Waals surface area contributed by atoms with Gasteiger partial charge in [0.2, 0.25) is 0 Å². The third-order valence-electron chi connectivity index (χ3n) is 3.83. The molecule has 0 aromatic carbocycles. The summed E-state index contributed by atoms with van der Waals surface area (Å²) in [6, 6.07) is 0. The summed E-state index contributed by atoms with van der Waals surface area (Å²) in [6.45, 7) is 7.32. The van der Waals surface area contributed by atoms with Crippen molar-refractivity contribution in [3.63, 3.8) is 0 Å². The molecule has 1 aliphatic carbocycles. The van der Waals surface area contributed by atoms with Crippen LogP contribution < -0.4 is 0 Å². The molecule has 0 heterocycles. The first-order valence-corrected chi connectivity index (χ1v) is 6.11. The number of rotatable bonds is 2. The van der Waals surface area contributed by atoms with Crippen LogP contribution in [0.1, 0.15) is 47.0 Å². The fourth-order valence-electron chi connectivity index (χ4n) is 2.59. The van der Waals surface area contributed by atoms with Crippen LogP contribution in [-0.2, 0) is 4.79 Å². The van der Waals surface area contributed by atoms with Gasteiger partial charge < -0.3 is 5.11 Å². The van der Waals surface area contributed by atoms with Gasteiger partial charge in [-0.2, -0.15) is 0 Å². The first kappa shape index (κ1) is 13.7. The van der Waals surface area contributed by atoms with E-state index in [1.54, 1.807) is 6.08 Å². The van der Waals surface area contributed by atoms with E-state index in [9.17, 15) is 9.90 Å². The Hall–Kier alpha value is -0.340. The minimum Gasteiger partial charge on any atom is -0.383 e. The van der Waals surface area contributed by atoms with Gasteiger partial charge in [-0.25, -0.2) is 0 Å². The summed E-state index contributed by atoms with van der Waals surface area (Å²) >= 11 is 6.43. The lowest BCUT2D eigenvalue weighted by molar-refractivity contribution is -0.113. The number of carbonyl (C=O) groups excluding carboxylic acids is 1. The fraction of sp³-hybridized carbons (Fsp3) is 0.769. The summed E-state index contributed by atoms with van der Waals surface area (Å²) in [5.74, 6) is -0.0673. The number of halogens is 1. The van der Waals surface area contributed by atoms with Gasteiger partial charge in [-0.05, 0) is 44.3 Å². The second kappa shape index (κ2) is 4.15. The largest absolute Gasteiger partial charge is 0.383 e. The zero-order valence-corrected chi connectivity index (χ0v) is 11.3. The highest BCUT2D eigenvalue weighted by Gasteiger charge is 2.56. The third kappa shape index (κ3) is 2.18. The molecule has 1 aliphatic rings. The predicted octanol–water partition coefficient (Wildman–Crippen LogP) is 3.07. The van der Waals surface area contributed by atoms with Gasteiger partial charge >= 0.3 is 0 Å². The predicted molar refractivity (Wildman–Crippen MR) is 66.7 cm³/mol. The molecule has 2 nitrogen and oxygen atoms in total. The van der Waals surface area contributed by atoms with Gasteiger partial charge in [-0.15, -0.1) is 11.6 Å². The number of ketones is 1. The summed E-state index contributed by atoms with van der Waals surface area (Å²) in [6.07, 6.45) is 5.68. The van der Waals surface area contributed by atoms with E-state index in [1.165, 1.54) is 13.0 Å². The lowest BCUT2D eigenvalue weighted by atomic mass is 9.60. The average molecular weight is 245 g/mol. The van der Waals surface area contributed by atoms with Crippen molar-refractivity contribution in [2.24, 2.45) is 5.41 Å². The molecule has 0 saturated heterocycles. The molecule has 1 saturated carbocycles. The summed E-state index contributed by atoms with van der Waals surface area (Å²) in [4.78, 5) is 10.3. The topological polar surface area (TPSA) is 37.3 Å². The quantitative estimate of drug-likeness (QED) is 0.599. The molecular weight excluding hydrogens is 224 g/mol. The second-order valence-electron chi connectivity index (χ2n) is 5.65. The lowest BCUT2D eigenvalue weighted by Crippen LogP contribution is -2.59. The molecule has 0 spiro atoms. The monoisotopic (exact) mass is 244 g/mol. The van der Waals surface area contributed by atoms with Crippen molar-refractivity contribution in [1.29, 1.82) is 0 Å².